The number of benzene rings is 2. The van der Waals surface area contributed by atoms with Gasteiger partial charge in [-0.15, -0.1) is 20.4 Å². The van der Waals surface area contributed by atoms with Crippen molar-refractivity contribution in [3.63, 3.8) is 0 Å². The highest BCUT2D eigenvalue weighted by Crippen LogP contribution is 2.27. The van der Waals surface area contributed by atoms with Gasteiger partial charge in [-0.1, -0.05) is 60.0 Å². The van der Waals surface area contributed by atoms with Crippen LogP contribution >= 0.6 is 34.9 Å². The third-order valence-electron chi connectivity index (χ3n) is 5.37. The number of thioether (sulfide) groups is 2. The van der Waals surface area contributed by atoms with Crippen molar-refractivity contribution in [2.45, 2.75) is 36.8 Å². The van der Waals surface area contributed by atoms with Crippen LogP contribution in [0.4, 0.5) is 10.8 Å². The molecule has 2 aromatic heterocycles. The molecule has 0 saturated carbocycles. The zero-order valence-electron chi connectivity index (χ0n) is 21.2. The molecule has 0 radical (unpaired) electrons. The second-order valence-corrected chi connectivity index (χ2v) is 11.5. The summed E-state index contributed by atoms with van der Waals surface area (Å²) < 4.78 is 2.55. The summed E-state index contributed by atoms with van der Waals surface area (Å²) in [5.41, 5.74) is 2.13. The van der Waals surface area contributed by atoms with E-state index in [1.54, 1.807) is 16.3 Å². The van der Waals surface area contributed by atoms with Gasteiger partial charge in [0.15, 0.2) is 15.3 Å². The summed E-state index contributed by atoms with van der Waals surface area (Å²) in [5, 5.41) is 34.2. The lowest BCUT2D eigenvalue weighted by molar-refractivity contribution is -0.385. The molecule has 2 N–H and O–H groups in total. The highest BCUT2D eigenvalue weighted by molar-refractivity contribution is 8.01. The minimum absolute atomic E-state index is 0.0112. The smallest absolute Gasteiger partial charge is 0.273 e. The van der Waals surface area contributed by atoms with Gasteiger partial charge < -0.3 is 5.32 Å². The van der Waals surface area contributed by atoms with Crippen molar-refractivity contribution < 1.29 is 14.5 Å². The number of carbonyl (C=O) groups is 2. The lowest BCUT2D eigenvalue weighted by Crippen LogP contribution is -2.25. The first-order chi connectivity index (χ1) is 18.8. The molecule has 0 fully saturated rings. The van der Waals surface area contributed by atoms with Gasteiger partial charge in [0.05, 0.1) is 17.2 Å². The van der Waals surface area contributed by atoms with Gasteiger partial charge in [-0.25, -0.2) is 0 Å². The van der Waals surface area contributed by atoms with Crippen molar-refractivity contribution in [3.05, 3.63) is 75.1 Å². The molecule has 0 aliphatic heterocycles. The zero-order chi connectivity index (χ0) is 27.9. The topological polar surface area (TPSA) is 158 Å². The van der Waals surface area contributed by atoms with E-state index in [0.29, 0.717) is 16.1 Å². The van der Waals surface area contributed by atoms with Gasteiger partial charge in [-0.3, -0.25) is 29.6 Å². The van der Waals surface area contributed by atoms with E-state index in [9.17, 15) is 19.7 Å². The largest absolute Gasteiger partial charge is 0.345 e. The molecule has 15 heteroatoms. The molecular formula is C24H24N8O4S3. The summed E-state index contributed by atoms with van der Waals surface area (Å²) in [7, 11) is 0. The molecule has 0 aliphatic carbocycles. The number of anilines is 1. The first-order valence-electron chi connectivity index (χ1n) is 11.7. The Balaban J connectivity index is 1.50. The summed E-state index contributed by atoms with van der Waals surface area (Å²) in [6.45, 7) is 5.51. The van der Waals surface area contributed by atoms with Crippen molar-refractivity contribution >= 4 is 57.5 Å². The van der Waals surface area contributed by atoms with Crippen LogP contribution in [0.2, 0.25) is 0 Å². The van der Waals surface area contributed by atoms with Gasteiger partial charge in [-0.2, -0.15) is 0 Å². The number of nitrogens with zero attached hydrogens (tertiary/aromatic N) is 6. The molecule has 0 unspecified atom stereocenters. The van der Waals surface area contributed by atoms with E-state index in [-0.39, 0.29) is 35.0 Å². The van der Waals surface area contributed by atoms with Gasteiger partial charge in [0.25, 0.3) is 11.6 Å². The fourth-order valence-electron chi connectivity index (χ4n) is 3.58. The molecule has 0 aliphatic rings. The molecule has 39 heavy (non-hydrogen) atoms. The van der Waals surface area contributed by atoms with Crippen LogP contribution in [0.25, 0.3) is 5.69 Å². The predicted octanol–water partition coefficient (Wildman–Crippen LogP) is 4.42. The number of nitrogens with one attached hydrogen (secondary N) is 2. The van der Waals surface area contributed by atoms with E-state index in [1.165, 1.54) is 48.2 Å². The van der Waals surface area contributed by atoms with E-state index in [0.717, 1.165) is 21.3 Å². The Bertz CT molecular complexity index is 1520. The maximum atomic E-state index is 12.9. The molecule has 0 atom stereocenters. The van der Waals surface area contributed by atoms with Crippen LogP contribution < -0.4 is 10.6 Å². The number of nitro benzene ring substituents is 1. The van der Waals surface area contributed by atoms with Crippen LogP contribution in [0.3, 0.4) is 0 Å². The van der Waals surface area contributed by atoms with E-state index in [2.05, 4.69) is 31.0 Å². The van der Waals surface area contributed by atoms with Crippen LogP contribution in [0.15, 0.2) is 52.0 Å². The van der Waals surface area contributed by atoms with Crippen molar-refractivity contribution in [2.24, 2.45) is 0 Å². The second kappa shape index (κ2) is 12.8. The van der Waals surface area contributed by atoms with E-state index >= 15 is 0 Å². The Hall–Kier alpha value is -3.82. The quantitative estimate of drug-likeness (QED) is 0.112. The molecule has 2 heterocycles. The minimum Gasteiger partial charge on any atom is -0.345 e. The van der Waals surface area contributed by atoms with E-state index in [4.69, 9.17) is 0 Å². The third kappa shape index (κ3) is 6.99. The molecule has 0 saturated heterocycles. The Morgan fingerprint density at radius 1 is 1.08 bits per heavy atom. The summed E-state index contributed by atoms with van der Waals surface area (Å²) in [6, 6.07) is 12.0. The number of amides is 2. The fraction of sp³-hybridized carbons (Fsp3) is 0.250. The highest BCUT2D eigenvalue weighted by Gasteiger charge is 2.20. The van der Waals surface area contributed by atoms with Crippen molar-refractivity contribution in [3.8, 4) is 5.69 Å². The Morgan fingerprint density at radius 2 is 1.87 bits per heavy atom. The molecule has 4 aromatic rings. The van der Waals surface area contributed by atoms with Crippen molar-refractivity contribution in [1.82, 2.24) is 30.3 Å². The number of aryl methyl sites for hydroxylation is 1. The number of rotatable bonds is 11. The molecule has 0 spiro atoms. The number of hydrogen-bond acceptors (Lipinski definition) is 11. The molecule has 2 aromatic carbocycles. The van der Waals surface area contributed by atoms with E-state index in [1.807, 2.05) is 38.1 Å². The SMILES string of the molecule is CCSc1nnc(NC(=O)CSc2nnc(CNC(=O)c3cccc([N+](=O)[O-])c3C)n2-c2cccc(C)c2)s1. The third-order valence-corrected chi connectivity index (χ3v) is 8.15. The maximum absolute atomic E-state index is 12.9. The Kier molecular flexibility index (Phi) is 9.27. The lowest BCUT2D eigenvalue weighted by atomic mass is 10.1. The van der Waals surface area contributed by atoms with Gasteiger partial charge >= 0.3 is 0 Å². The monoisotopic (exact) mass is 584 g/mol. The van der Waals surface area contributed by atoms with Crippen LogP contribution in [-0.2, 0) is 11.3 Å². The van der Waals surface area contributed by atoms with E-state index < -0.39 is 10.8 Å². The Morgan fingerprint density at radius 3 is 2.62 bits per heavy atom. The van der Waals surface area contributed by atoms with Gasteiger partial charge in [0, 0.05) is 22.9 Å². The predicted molar refractivity (Wildman–Crippen MR) is 151 cm³/mol. The Labute approximate surface area is 236 Å². The van der Waals surface area contributed by atoms with Gasteiger partial charge in [0.1, 0.15) is 0 Å². The number of carbonyl (C=O) groups excluding carboxylic acids is 2. The molecule has 4 rings (SSSR count). The first-order valence-corrected chi connectivity index (χ1v) is 14.5. The van der Waals surface area contributed by atoms with Crippen LogP contribution in [0.1, 0.15) is 34.2 Å². The van der Waals surface area contributed by atoms with Crippen molar-refractivity contribution in [1.29, 1.82) is 0 Å². The minimum atomic E-state index is -0.520. The molecule has 12 nitrogen and oxygen atoms in total. The van der Waals surface area contributed by atoms with Crippen molar-refractivity contribution in [2.75, 3.05) is 16.8 Å². The summed E-state index contributed by atoms with van der Waals surface area (Å²) in [4.78, 5) is 36.2. The average Bonchev–Trinajstić information content (AvgIpc) is 3.52. The summed E-state index contributed by atoms with van der Waals surface area (Å²) in [5.74, 6) is 0.616. The van der Waals surface area contributed by atoms with Gasteiger partial charge in [0.2, 0.25) is 11.0 Å². The number of aromatic nitrogens is 5. The van der Waals surface area contributed by atoms with Crippen LogP contribution in [0, 0.1) is 24.0 Å². The maximum Gasteiger partial charge on any atom is 0.273 e. The molecule has 2 amide bonds. The zero-order valence-corrected chi connectivity index (χ0v) is 23.7. The first kappa shape index (κ1) is 28.2. The molecular weight excluding hydrogens is 561 g/mol. The van der Waals surface area contributed by atoms with Gasteiger partial charge in [-0.05, 0) is 43.4 Å². The second-order valence-electron chi connectivity index (χ2n) is 8.11. The fourth-order valence-corrected chi connectivity index (χ4v) is 6.02. The summed E-state index contributed by atoms with van der Waals surface area (Å²) in [6.07, 6.45) is 0. The average molecular weight is 585 g/mol. The molecule has 202 valence electrons. The van der Waals surface area contributed by atoms with Crippen LogP contribution in [0.5, 0.6) is 0 Å². The molecule has 0 bridgehead atoms. The summed E-state index contributed by atoms with van der Waals surface area (Å²) >= 11 is 4.06. The highest BCUT2D eigenvalue weighted by atomic mass is 32.2. The number of hydrogen-bond donors (Lipinski definition) is 2. The van der Waals surface area contributed by atoms with Crippen LogP contribution in [-0.4, -0.2) is 53.2 Å². The number of nitro groups is 1. The normalized spacial score (nSPS) is 10.8. The standard InChI is InChI=1S/C24H24N8O4S3/c1-4-37-24-30-28-22(39-24)26-20(33)13-38-23-29-27-19(31(23)16-8-5-7-14(2)11-16)12-25-21(34)17-9-6-10-18(15(17)3)32(35)36/h5-11H,4,12-13H2,1-3H3,(H,25,34)(H,26,28,33). The lowest BCUT2D eigenvalue weighted by Gasteiger charge is -2.12.